The quantitative estimate of drug-likeness (QED) is 0.756. The number of pyridine rings is 1. The summed E-state index contributed by atoms with van der Waals surface area (Å²) in [4.78, 5) is 3.72. The Hall–Kier alpha value is -2.04. The third-order valence-corrected chi connectivity index (χ3v) is 2.18. The molecule has 2 nitrogen and oxygen atoms in total. The molecule has 0 aliphatic rings. The molecule has 1 heterocycles. The number of halogens is 3. The third-order valence-electron chi connectivity index (χ3n) is 2.18. The molecule has 82 valence electrons. The first-order valence-corrected chi connectivity index (χ1v) is 4.44. The van der Waals surface area contributed by atoms with E-state index in [1.807, 2.05) is 0 Å². The summed E-state index contributed by atoms with van der Waals surface area (Å²) in [6, 6.07) is 3.43. The Balaban J connectivity index is 2.66. The molecule has 2 N–H and O–H groups in total. The van der Waals surface area contributed by atoms with Gasteiger partial charge in [0, 0.05) is 17.3 Å². The SMILES string of the molecule is Nc1cnccc1-c1ccc(F)c(F)c1F. The number of anilines is 1. The molecule has 2 aromatic rings. The second kappa shape index (κ2) is 3.84. The maximum absolute atomic E-state index is 13.4. The van der Waals surface area contributed by atoms with Crippen LogP contribution >= 0.6 is 0 Å². The molecule has 16 heavy (non-hydrogen) atoms. The predicted molar refractivity (Wildman–Crippen MR) is 54.0 cm³/mol. The van der Waals surface area contributed by atoms with Gasteiger partial charge in [0.05, 0.1) is 11.9 Å². The van der Waals surface area contributed by atoms with E-state index in [9.17, 15) is 13.2 Å². The molecule has 1 aromatic carbocycles. The minimum Gasteiger partial charge on any atom is -0.397 e. The van der Waals surface area contributed by atoms with E-state index >= 15 is 0 Å². The van der Waals surface area contributed by atoms with Gasteiger partial charge in [-0.25, -0.2) is 13.2 Å². The topological polar surface area (TPSA) is 38.9 Å². The van der Waals surface area contributed by atoms with Crippen LogP contribution in [0.15, 0.2) is 30.6 Å². The van der Waals surface area contributed by atoms with Crippen LogP contribution in [-0.2, 0) is 0 Å². The van der Waals surface area contributed by atoms with Gasteiger partial charge >= 0.3 is 0 Å². The maximum Gasteiger partial charge on any atom is 0.195 e. The predicted octanol–water partition coefficient (Wildman–Crippen LogP) is 2.75. The largest absolute Gasteiger partial charge is 0.397 e. The molecular formula is C11H7F3N2. The highest BCUT2D eigenvalue weighted by molar-refractivity contribution is 5.75. The van der Waals surface area contributed by atoms with Crippen LogP contribution in [0.5, 0.6) is 0 Å². The van der Waals surface area contributed by atoms with Crippen molar-refractivity contribution >= 4 is 5.69 Å². The molecule has 1 aromatic heterocycles. The van der Waals surface area contributed by atoms with Crippen LogP contribution in [0.3, 0.4) is 0 Å². The number of nitrogens with zero attached hydrogens (tertiary/aromatic N) is 1. The van der Waals surface area contributed by atoms with E-state index in [2.05, 4.69) is 4.98 Å². The molecule has 2 rings (SSSR count). The van der Waals surface area contributed by atoms with Crippen molar-refractivity contribution in [3.63, 3.8) is 0 Å². The summed E-state index contributed by atoms with van der Waals surface area (Å²) in [6.07, 6.45) is 2.71. The summed E-state index contributed by atoms with van der Waals surface area (Å²) in [5, 5.41) is 0. The lowest BCUT2D eigenvalue weighted by Crippen LogP contribution is -1.97. The first kappa shape index (κ1) is 10.5. The van der Waals surface area contributed by atoms with Gasteiger partial charge in [-0.2, -0.15) is 0 Å². The lowest BCUT2D eigenvalue weighted by molar-refractivity contribution is 0.449. The molecule has 0 saturated heterocycles. The summed E-state index contributed by atoms with van der Waals surface area (Å²) >= 11 is 0. The second-order valence-electron chi connectivity index (χ2n) is 3.19. The number of hydrogen-bond donors (Lipinski definition) is 1. The minimum atomic E-state index is -1.51. The van der Waals surface area contributed by atoms with Crippen LogP contribution < -0.4 is 5.73 Å². The van der Waals surface area contributed by atoms with Crippen molar-refractivity contribution in [3.8, 4) is 11.1 Å². The molecule has 0 aliphatic heterocycles. The Morgan fingerprint density at radius 3 is 2.38 bits per heavy atom. The molecular weight excluding hydrogens is 217 g/mol. The van der Waals surface area contributed by atoms with Crippen molar-refractivity contribution in [2.75, 3.05) is 5.73 Å². The number of hydrogen-bond acceptors (Lipinski definition) is 2. The number of aromatic nitrogens is 1. The average molecular weight is 224 g/mol. The van der Waals surface area contributed by atoms with Gasteiger partial charge in [0.25, 0.3) is 0 Å². The van der Waals surface area contributed by atoms with Crippen molar-refractivity contribution in [1.29, 1.82) is 0 Å². The van der Waals surface area contributed by atoms with E-state index in [1.165, 1.54) is 18.5 Å². The zero-order valence-corrected chi connectivity index (χ0v) is 8.05. The molecule has 0 unspecified atom stereocenters. The normalized spacial score (nSPS) is 10.4. The van der Waals surface area contributed by atoms with E-state index in [0.717, 1.165) is 12.1 Å². The summed E-state index contributed by atoms with van der Waals surface area (Å²) < 4.78 is 39.2. The van der Waals surface area contributed by atoms with Gasteiger partial charge < -0.3 is 5.73 Å². The van der Waals surface area contributed by atoms with Crippen molar-refractivity contribution < 1.29 is 13.2 Å². The van der Waals surface area contributed by atoms with Crippen molar-refractivity contribution in [1.82, 2.24) is 4.98 Å². The van der Waals surface area contributed by atoms with Crippen LogP contribution in [0.2, 0.25) is 0 Å². The monoisotopic (exact) mass is 224 g/mol. The highest BCUT2D eigenvalue weighted by Crippen LogP contribution is 2.29. The molecule has 0 bridgehead atoms. The lowest BCUT2D eigenvalue weighted by Gasteiger charge is -2.07. The molecule has 0 atom stereocenters. The van der Waals surface area contributed by atoms with Crippen molar-refractivity contribution in [2.45, 2.75) is 0 Å². The average Bonchev–Trinajstić information content (AvgIpc) is 2.28. The molecule has 0 spiro atoms. The highest BCUT2D eigenvalue weighted by Gasteiger charge is 2.15. The van der Waals surface area contributed by atoms with Crippen molar-refractivity contribution in [3.05, 3.63) is 48.0 Å². The number of nitrogens with two attached hydrogens (primary N) is 1. The van der Waals surface area contributed by atoms with Gasteiger partial charge in [-0.3, -0.25) is 4.98 Å². The van der Waals surface area contributed by atoms with Gasteiger partial charge in [0.1, 0.15) is 0 Å². The smallest absolute Gasteiger partial charge is 0.195 e. The van der Waals surface area contributed by atoms with Crippen molar-refractivity contribution in [2.24, 2.45) is 0 Å². The molecule has 0 aliphatic carbocycles. The summed E-state index contributed by atoms with van der Waals surface area (Å²) in [5.41, 5.74) is 5.96. The first-order valence-electron chi connectivity index (χ1n) is 4.44. The highest BCUT2D eigenvalue weighted by atomic mass is 19.2. The lowest BCUT2D eigenvalue weighted by atomic mass is 10.0. The second-order valence-corrected chi connectivity index (χ2v) is 3.19. The Labute approximate surface area is 89.5 Å². The fourth-order valence-electron chi connectivity index (χ4n) is 1.39. The maximum atomic E-state index is 13.4. The summed E-state index contributed by atoms with van der Waals surface area (Å²) in [7, 11) is 0. The van der Waals surface area contributed by atoms with Crippen LogP contribution in [0.1, 0.15) is 0 Å². The summed E-state index contributed by atoms with van der Waals surface area (Å²) in [6.45, 7) is 0. The molecule has 0 amide bonds. The fourth-order valence-corrected chi connectivity index (χ4v) is 1.39. The summed E-state index contributed by atoms with van der Waals surface area (Å²) in [5.74, 6) is -3.99. The Kier molecular flexibility index (Phi) is 2.52. The Morgan fingerprint density at radius 2 is 1.69 bits per heavy atom. The van der Waals surface area contributed by atoms with E-state index in [4.69, 9.17) is 5.73 Å². The Bertz CT molecular complexity index is 541. The zero-order valence-electron chi connectivity index (χ0n) is 8.05. The Morgan fingerprint density at radius 1 is 0.938 bits per heavy atom. The van der Waals surface area contributed by atoms with E-state index in [0.29, 0.717) is 0 Å². The molecule has 0 radical (unpaired) electrons. The van der Waals surface area contributed by atoms with Gasteiger partial charge in [-0.05, 0) is 18.2 Å². The molecule has 0 saturated carbocycles. The zero-order chi connectivity index (χ0) is 11.7. The van der Waals surface area contributed by atoms with Crippen LogP contribution in [0.25, 0.3) is 11.1 Å². The van der Waals surface area contributed by atoms with Gasteiger partial charge in [0.15, 0.2) is 17.5 Å². The first-order chi connectivity index (χ1) is 7.61. The number of rotatable bonds is 1. The van der Waals surface area contributed by atoms with E-state index in [-0.39, 0.29) is 16.8 Å². The van der Waals surface area contributed by atoms with Crippen LogP contribution in [0.4, 0.5) is 18.9 Å². The van der Waals surface area contributed by atoms with Crippen LogP contribution in [-0.4, -0.2) is 4.98 Å². The number of nitrogen functional groups attached to an aromatic ring is 1. The van der Waals surface area contributed by atoms with Crippen LogP contribution in [0, 0.1) is 17.5 Å². The third kappa shape index (κ3) is 1.60. The number of benzene rings is 1. The minimum absolute atomic E-state index is 0.0844. The standard InChI is InChI=1S/C11H7F3N2/c12-8-2-1-7(10(13)11(8)14)6-3-4-16-5-9(6)15/h1-5H,15H2. The van der Waals surface area contributed by atoms with Gasteiger partial charge in [-0.1, -0.05) is 0 Å². The van der Waals surface area contributed by atoms with Gasteiger partial charge in [-0.15, -0.1) is 0 Å². The van der Waals surface area contributed by atoms with E-state index in [1.54, 1.807) is 0 Å². The molecule has 5 heteroatoms. The fraction of sp³-hybridized carbons (Fsp3) is 0. The molecule has 0 fully saturated rings. The van der Waals surface area contributed by atoms with E-state index < -0.39 is 17.5 Å². The van der Waals surface area contributed by atoms with Gasteiger partial charge in [0.2, 0.25) is 0 Å².